The summed E-state index contributed by atoms with van der Waals surface area (Å²) in [5.41, 5.74) is 2.83. The summed E-state index contributed by atoms with van der Waals surface area (Å²) < 4.78 is 1.63. The molecule has 7 heteroatoms. The standard InChI is InChI=1S/C20H17N5OS/c1-14-9-11-16(12-10-14)25-20(22-23-24-25)27-13-19(26)21-18-8-4-6-15-5-2-3-7-17(15)18/h2-12H,13H2,1H3,(H,21,26). The summed E-state index contributed by atoms with van der Waals surface area (Å²) in [4.78, 5) is 12.4. The third-order valence-electron chi connectivity index (χ3n) is 4.12. The van der Waals surface area contributed by atoms with Crippen LogP contribution in [0.15, 0.2) is 71.9 Å². The zero-order chi connectivity index (χ0) is 18.6. The average molecular weight is 375 g/mol. The number of nitrogens with one attached hydrogen (secondary N) is 1. The molecule has 0 saturated heterocycles. The van der Waals surface area contributed by atoms with E-state index in [1.807, 2.05) is 73.7 Å². The van der Waals surface area contributed by atoms with Crippen molar-refractivity contribution in [3.8, 4) is 5.69 Å². The molecule has 0 radical (unpaired) electrons. The van der Waals surface area contributed by atoms with Crippen LogP contribution in [0, 0.1) is 6.92 Å². The third kappa shape index (κ3) is 3.83. The number of aromatic nitrogens is 4. The highest BCUT2D eigenvalue weighted by Crippen LogP contribution is 2.24. The van der Waals surface area contributed by atoms with Gasteiger partial charge in [0.2, 0.25) is 11.1 Å². The number of carbonyl (C=O) groups is 1. The van der Waals surface area contributed by atoms with E-state index in [1.54, 1.807) is 4.68 Å². The second-order valence-corrected chi connectivity index (χ2v) is 7.01. The smallest absolute Gasteiger partial charge is 0.234 e. The van der Waals surface area contributed by atoms with Gasteiger partial charge in [0, 0.05) is 11.1 Å². The number of fused-ring (bicyclic) bond motifs is 1. The molecule has 0 aliphatic carbocycles. The number of aryl methyl sites for hydroxylation is 1. The second kappa shape index (κ2) is 7.59. The van der Waals surface area contributed by atoms with Crippen molar-refractivity contribution in [3.05, 3.63) is 72.3 Å². The third-order valence-corrected chi connectivity index (χ3v) is 5.03. The van der Waals surface area contributed by atoms with E-state index in [9.17, 15) is 4.79 Å². The molecule has 134 valence electrons. The Morgan fingerprint density at radius 3 is 2.67 bits per heavy atom. The van der Waals surface area contributed by atoms with Gasteiger partial charge in [0.1, 0.15) is 0 Å². The summed E-state index contributed by atoms with van der Waals surface area (Å²) >= 11 is 1.30. The maximum atomic E-state index is 12.4. The largest absolute Gasteiger partial charge is 0.325 e. The van der Waals surface area contributed by atoms with E-state index in [-0.39, 0.29) is 11.7 Å². The van der Waals surface area contributed by atoms with Gasteiger partial charge in [-0.1, -0.05) is 65.9 Å². The quantitative estimate of drug-likeness (QED) is 0.536. The number of hydrogen-bond acceptors (Lipinski definition) is 5. The summed E-state index contributed by atoms with van der Waals surface area (Å²) in [6, 6.07) is 21.7. The molecule has 1 amide bonds. The van der Waals surface area contributed by atoms with Crippen LogP contribution in [0.2, 0.25) is 0 Å². The molecule has 27 heavy (non-hydrogen) atoms. The Labute approximate surface area is 160 Å². The van der Waals surface area contributed by atoms with E-state index in [1.165, 1.54) is 11.8 Å². The number of nitrogens with zero attached hydrogens (tertiary/aromatic N) is 4. The van der Waals surface area contributed by atoms with E-state index < -0.39 is 0 Å². The van der Waals surface area contributed by atoms with Gasteiger partial charge in [-0.2, -0.15) is 4.68 Å². The molecule has 0 bridgehead atoms. The fourth-order valence-corrected chi connectivity index (χ4v) is 3.46. The summed E-state index contributed by atoms with van der Waals surface area (Å²) in [5, 5.41) is 17.4. The van der Waals surface area contributed by atoms with Crippen LogP contribution in [0.25, 0.3) is 16.5 Å². The number of hydrogen-bond donors (Lipinski definition) is 1. The number of rotatable bonds is 5. The summed E-state index contributed by atoms with van der Waals surface area (Å²) in [6.45, 7) is 2.02. The number of amides is 1. The first-order valence-corrected chi connectivity index (χ1v) is 9.45. The molecule has 0 fully saturated rings. The number of benzene rings is 3. The van der Waals surface area contributed by atoms with Crippen molar-refractivity contribution in [2.75, 3.05) is 11.1 Å². The van der Waals surface area contributed by atoms with Gasteiger partial charge in [-0.15, -0.1) is 5.10 Å². The van der Waals surface area contributed by atoms with Crippen molar-refractivity contribution < 1.29 is 4.79 Å². The van der Waals surface area contributed by atoms with E-state index >= 15 is 0 Å². The molecule has 1 aromatic heterocycles. The zero-order valence-corrected chi connectivity index (χ0v) is 15.5. The van der Waals surface area contributed by atoms with Crippen LogP contribution in [-0.2, 0) is 4.79 Å². The average Bonchev–Trinajstić information content (AvgIpc) is 3.16. The zero-order valence-electron chi connectivity index (χ0n) is 14.7. The summed E-state index contributed by atoms with van der Waals surface area (Å²) in [6.07, 6.45) is 0. The molecule has 4 aromatic rings. The van der Waals surface area contributed by atoms with E-state index in [0.29, 0.717) is 5.16 Å². The molecular weight excluding hydrogens is 358 g/mol. The molecule has 3 aromatic carbocycles. The normalized spacial score (nSPS) is 10.9. The first-order valence-electron chi connectivity index (χ1n) is 8.46. The minimum Gasteiger partial charge on any atom is -0.325 e. The highest BCUT2D eigenvalue weighted by atomic mass is 32.2. The molecule has 1 N–H and O–H groups in total. The van der Waals surface area contributed by atoms with Crippen molar-refractivity contribution in [3.63, 3.8) is 0 Å². The van der Waals surface area contributed by atoms with Crippen LogP contribution in [-0.4, -0.2) is 31.9 Å². The van der Waals surface area contributed by atoms with Gasteiger partial charge in [-0.05, 0) is 40.9 Å². The van der Waals surface area contributed by atoms with E-state index in [4.69, 9.17) is 0 Å². The van der Waals surface area contributed by atoms with E-state index in [0.717, 1.165) is 27.7 Å². The minimum absolute atomic E-state index is 0.102. The van der Waals surface area contributed by atoms with Crippen molar-refractivity contribution in [1.82, 2.24) is 20.2 Å². The van der Waals surface area contributed by atoms with Crippen LogP contribution in [0.4, 0.5) is 5.69 Å². The Kier molecular flexibility index (Phi) is 4.84. The lowest BCUT2D eigenvalue weighted by atomic mass is 10.1. The highest BCUT2D eigenvalue weighted by molar-refractivity contribution is 7.99. The fourth-order valence-electron chi connectivity index (χ4n) is 2.77. The van der Waals surface area contributed by atoms with Crippen molar-refractivity contribution in [2.45, 2.75) is 12.1 Å². The number of thioether (sulfide) groups is 1. The molecule has 0 saturated carbocycles. The van der Waals surface area contributed by atoms with Crippen molar-refractivity contribution in [2.24, 2.45) is 0 Å². The van der Waals surface area contributed by atoms with Gasteiger partial charge in [0.15, 0.2) is 0 Å². The topological polar surface area (TPSA) is 72.7 Å². The monoisotopic (exact) mass is 375 g/mol. The maximum absolute atomic E-state index is 12.4. The fraction of sp³-hybridized carbons (Fsp3) is 0.100. The number of tetrazole rings is 1. The van der Waals surface area contributed by atoms with Gasteiger partial charge in [0.05, 0.1) is 11.4 Å². The Morgan fingerprint density at radius 2 is 1.81 bits per heavy atom. The minimum atomic E-state index is -0.102. The van der Waals surface area contributed by atoms with Crippen LogP contribution in [0.5, 0.6) is 0 Å². The van der Waals surface area contributed by atoms with Gasteiger partial charge < -0.3 is 5.32 Å². The molecule has 0 atom stereocenters. The molecule has 0 unspecified atom stereocenters. The van der Waals surface area contributed by atoms with Crippen LogP contribution in [0.1, 0.15) is 5.56 Å². The van der Waals surface area contributed by atoms with Gasteiger partial charge in [-0.3, -0.25) is 4.79 Å². The number of anilines is 1. The molecule has 1 heterocycles. The summed E-state index contributed by atoms with van der Waals surface area (Å²) in [7, 11) is 0. The molecule has 0 aliphatic heterocycles. The number of carbonyl (C=O) groups excluding carboxylic acids is 1. The molecule has 0 spiro atoms. The van der Waals surface area contributed by atoms with Crippen molar-refractivity contribution >= 4 is 34.1 Å². The van der Waals surface area contributed by atoms with Crippen LogP contribution < -0.4 is 5.32 Å². The first kappa shape index (κ1) is 17.2. The lowest BCUT2D eigenvalue weighted by Crippen LogP contribution is -2.14. The second-order valence-electron chi connectivity index (χ2n) is 6.07. The van der Waals surface area contributed by atoms with E-state index in [2.05, 4.69) is 20.8 Å². The van der Waals surface area contributed by atoms with Crippen molar-refractivity contribution in [1.29, 1.82) is 0 Å². The van der Waals surface area contributed by atoms with Gasteiger partial charge >= 0.3 is 0 Å². The van der Waals surface area contributed by atoms with Crippen LogP contribution >= 0.6 is 11.8 Å². The Bertz CT molecular complexity index is 1090. The van der Waals surface area contributed by atoms with Gasteiger partial charge in [-0.25, -0.2) is 0 Å². The SMILES string of the molecule is Cc1ccc(-n2nnnc2SCC(=O)Nc2cccc3ccccc23)cc1. The Balaban J connectivity index is 1.46. The summed E-state index contributed by atoms with van der Waals surface area (Å²) in [5.74, 6) is 0.116. The first-order chi connectivity index (χ1) is 13.2. The molecular formula is C20H17N5OS. The highest BCUT2D eigenvalue weighted by Gasteiger charge is 2.12. The Morgan fingerprint density at radius 1 is 1.04 bits per heavy atom. The lowest BCUT2D eigenvalue weighted by molar-refractivity contribution is -0.113. The molecule has 0 aliphatic rings. The predicted molar refractivity (Wildman–Crippen MR) is 107 cm³/mol. The maximum Gasteiger partial charge on any atom is 0.234 e. The molecule has 4 rings (SSSR count). The Hall–Kier alpha value is -3.19. The van der Waals surface area contributed by atoms with Crippen LogP contribution in [0.3, 0.4) is 0 Å². The van der Waals surface area contributed by atoms with Gasteiger partial charge in [0.25, 0.3) is 0 Å². The predicted octanol–water partition coefficient (Wildman–Crippen LogP) is 3.85. The molecule has 6 nitrogen and oxygen atoms in total. The lowest BCUT2D eigenvalue weighted by Gasteiger charge is -2.08.